The monoisotopic (exact) mass is 435 g/mol. The normalized spacial score (nSPS) is 20.8. The van der Waals surface area contributed by atoms with E-state index in [0.717, 1.165) is 12.0 Å². The van der Waals surface area contributed by atoms with Crippen LogP contribution in [0.25, 0.3) is 0 Å². The molecule has 2 atom stereocenters. The quantitative estimate of drug-likeness (QED) is 0.508. The van der Waals surface area contributed by atoms with Gasteiger partial charge in [-0.2, -0.15) is 0 Å². The Bertz CT molecular complexity index is 851. The second kappa shape index (κ2) is 10.6. The van der Waals surface area contributed by atoms with Gasteiger partial charge in [0.25, 0.3) is 5.91 Å². The average Bonchev–Trinajstić information content (AvgIpc) is 2.72. The van der Waals surface area contributed by atoms with Gasteiger partial charge < -0.3 is 9.87 Å². The van der Waals surface area contributed by atoms with E-state index in [2.05, 4.69) is 26.6 Å². The highest BCUT2D eigenvalue weighted by Crippen LogP contribution is 2.18. The van der Waals surface area contributed by atoms with Crippen LogP contribution in [0.1, 0.15) is 32.8 Å². The molecule has 1 aliphatic heterocycles. The third-order valence-electron chi connectivity index (χ3n) is 4.43. The number of benzene rings is 1. The minimum Gasteiger partial charge on any atom is -0.593 e. The maximum Gasteiger partial charge on any atom is 0.295 e. The first kappa shape index (κ1) is 23.2. The summed E-state index contributed by atoms with van der Waals surface area (Å²) in [6.07, 6.45) is 2.56. The zero-order valence-electron chi connectivity index (χ0n) is 17.0. The first-order valence-corrected chi connectivity index (χ1v) is 10.8. The fourth-order valence-corrected chi connectivity index (χ4v) is 3.41. The van der Waals surface area contributed by atoms with E-state index >= 15 is 0 Å². The minimum absolute atomic E-state index is 0.0877. The van der Waals surface area contributed by atoms with Crippen molar-refractivity contribution in [3.8, 4) is 0 Å². The van der Waals surface area contributed by atoms with Crippen molar-refractivity contribution in [2.75, 3.05) is 7.05 Å². The smallest absolute Gasteiger partial charge is 0.295 e. The summed E-state index contributed by atoms with van der Waals surface area (Å²) in [7, 11) is 1.63. The molecular formula is C20H26ClN5O2S. The number of halogens is 1. The Balaban J connectivity index is 2.31. The molecule has 156 valence electrons. The molecule has 2 rings (SSSR count). The van der Waals surface area contributed by atoms with Gasteiger partial charge in [0, 0.05) is 13.1 Å². The predicted molar refractivity (Wildman–Crippen MR) is 119 cm³/mol. The van der Waals surface area contributed by atoms with Crippen LogP contribution < -0.4 is 10.0 Å². The minimum atomic E-state index is -1.24. The number of hydrogen-bond acceptors (Lipinski definition) is 5. The molecule has 1 unspecified atom stereocenters. The number of carbonyl (C=O) groups is 1. The van der Waals surface area contributed by atoms with Gasteiger partial charge in [-0.05, 0) is 38.0 Å². The van der Waals surface area contributed by atoms with Crippen molar-refractivity contribution in [2.45, 2.75) is 44.7 Å². The average molecular weight is 436 g/mol. The lowest BCUT2D eigenvalue weighted by Crippen LogP contribution is -2.57. The van der Waals surface area contributed by atoms with Crippen LogP contribution in [0.2, 0.25) is 0 Å². The zero-order chi connectivity index (χ0) is 21.6. The van der Waals surface area contributed by atoms with Gasteiger partial charge in [0.1, 0.15) is 5.16 Å². The molecule has 0 spiro atoms. The number of nitrogens with one attached hydrogen (secondary N) is 2. The first-order chi connectivity index (χ1) is 13.8. The molecule has 0 radical (unpaired) electrons. The van der Waals surface area contributed by atoms with E-state index in [0.29, 0.717) is 23.0 Å². The van der Waals surface area contributed by atoms with Crippen molar-refractivity contribution in [2.24, 2.45) is 9.98 Å². The standard InChI is InChI=1S/C20H26ClN5O2S/c1-6-13(3)26-19(24-14(4)21)17(7-2)25-18(20(26)27)23-12-15-8-10-16(11-9-15)29(28)22-5/h7-11,13,22H,4,6,12H2,1-3,5H3,(H,23,25)/b17-7+,24-19?/t13-,29?/m1/s1. The maximum absolute atomic E-state index is 13.1. The lowest BCUT2D eigenvalue weighted by molar-refractivity contribution is -0.122. The number of rotatable bonds is 7. The van der Waals surface area contributed by atoms with Crippen molar-refractivity contribution in [1.82, 2.24) is 14.9 Å². The first-order valence-electron chi connectivity index (χ1n) is 9.25. The lowest BCUT2D eigenvalue weighted by atomic mass is 10.1. The maximum atomic E-state index is 13.1. The van der Waals surface area contributed by atoms with Crippen LogP contribution in [-0.2, 0) is 22.7 Å². The molecular weight excluding hydrogens is 410 g/mol. The summed E-state index contributed by atoms with van der Waals surface area (Å²) in [5.74, 6) is 0.402. The Hall–Kier alpha value is -2.13. The third kappa shape index (κ3) is 5.70. The van der Waals surface area contributed by atoms with Gasteiger partial charge in [0.05, 0.1) is 23.6 Å². The largest absolute Gasteiger partial charge is 0.593 e. The number of nitrogens with zero attached hydrogens (tertiary/aromatic N) is 3. The summed E-state index contributed by atoms with van der Waals surface area (Å²) in [6.45, 7) is 9.70. The molecule has 9 heteroatoms. The number of amides is 1. The van der Waals surface area contributed by atoms with Gasteiger partial charge in [-0.1, -0.05) is 43.3 Å². The molecule has 29 heavy (non-hydrogen) atoms. The van der Waals surface area contributed by atoms with E-state index in [1.165, 1.54) is 0 Å². The molecule has 1 saturated heterocycles. The lowest BCUT2D eigenvalue weighted by Gasteiger charge is -2.35. The van der Waals surface area contributed by atoms with Crippen LogP contribution in [0.4, 0.5) is 0 Å². The van der Waals surface area contributed by atoms with Crippen molar-refractivity contribution >= 4 is 40.5 Å². The van der Waals surface area contributed by atoms with E-state index in [1.54, 1.807) is 24.1 Å². The molecule has 1 aliphatic rings. The molecule has 1 amide bonds. The van der Waals surface area contributed by atoms with Gasteiger partial charge in [0.2, 0.25) is 0 Å². The van der Waals surface area contributed by atoms with Gasteiger partial charge in [-0.3, -0.25) is 14.7 Å². The molecule has 0 bridgehead atoms. The summed E-state index contributed by atoms with van der Waals surface area (Å²) in [4.78, 5) is 24.1. The third-order valence-corrected chi connectivity index (χ3v) is 5.59. The van der Waals surface area contributed by atoms with Gasteiger partial charge in [0.15, 0.2) is 16.6 Å². The molecule has 0 aromatic heterocycles. The number of carbonyl (C=O) groups excluding carboxylic acids is 1. The number of allylic oxidation sites excluding steroid dienone is 1. The van der Waals surface area contributed by atoms with Crippen LogP contribution in [0, 0.1) is 0 Å². The van der Waals surface area contributed by atoms with E-state index in [-0.39, 0.29) is 22.9 Å². The highest BCUT2D eigenvalue weighted by Gasteiger charge is 2.35. The Labute approximate surface area is 180 Å². The molecule has 2 N–H and O–H groups in total. The van der Waals surface area contributed by atoms with Crippen molar-refractivity contribution < 1.29 is 9.35 Å². The second-order valence-corrected chi connectivity index (χ2v) is 8.21. The number of hydrogen-bond donors (Lipinski definition) is 2. The summed E-state index contributed by atoms with van der Waals surface area (Å²) >= 11 is 4.65. The molecule has 1 aromatic rings. The number of amidine groups is 2. The number of aliphatic imine (C=N–C) groups is 2. The van der Waals surface area contributed by atoms with Crippen LogP contribution in [0.15, 0.2) is 62.7 Å². The van der Waals surface area contributed by atoms with Crippen LogP contribution in [0.3, 0.4) is 0 Å². The van der Waals surface area contributed by atoms with Crippen molar-refractivity contribution in [3.05, 3.63) is 53.3 Å². The number of piperazine rings is 1. The van der Waals surface area contributed by atoms with Gasteiger partial charge in [-0.15, -0.1) is 4.72 Å². The van der Waals surface area contributed by atoms with Crippen LogP contribution in [-0.4, -0.2) is 40.1 Å². The zero-order valence-corrected chi connectivity index (χ0v) is 18.6. The van der Waals surface area contributed by atoms with Gasteiger partial charge >= 0.3 is 0 Å². The fourth-order valence-electron chi connectivity index (χ4n) is 2.71. The van der Waals surface area contributed by atoms with Crippen molar-refractivity contribution in [1.29, 1.82) is 0 Å². The Morgan fingerprint density at radius 2 is 2.10 bits per heavy atom. The summed E-state index contributed by atoms with van der Waals surface area (Å²) < 4.78 is 14.4. The van der Waals surface area contributed by atoms with E-state index in [9.17, 15) is 9.35 Å². The highest BCUT2D eigenvalue weighted by atomic mass is 35.5. The Morgan fingerprint density at radius 3 is 2.62 bits per heavy atom. The van der Waals surface area contributed by atoms with E-state index < -0.39 is 11.4 Å². The second-order valence-electron chi connectivity index (χ2n) is 6.35. The summed E-state index contributed by atoms with van der Waals surface area (Å²) in [6, 6.07) is 7.15. The molecule has 7 nitrogen and oxygen atoms in total. The summed E-state index contributed by atoms with van der Waals surface area (Å²) in [5, 5.41) is 3.16. The van der Waals surface area contributed by atoms with Gasteiger partial charge in [-0.25, -0.2) is 4.99 Å². The Kier molecular flexibility index (Phi) is 8.45. The molecule has 1 fully saturated rings. The highest BCUT2D eigenvalue weighted by molar-refractivity contribution is 7.89. The fraction of sp³-hybridized carbons (Fsp3) is 0.350. The predicted octanol–water partition coefficient (Wildman–Crippen LogP) is 3.07. The van der Waals surface area contributed by atoms with E-state index in [1.807, 2.05) is 39.0 Å². The summed E-state index contributed by atoms with van der Waals surface area (Å²) in [5.41, 5.74) is 1.54. The van der Waals surface area contributed by atoms with Crippen molar-refractivity contribution in [3.63, 3.8) is 0 Å². The topological polar surface area (TPSA) is 92.1 Å². The molecule has 1 aromatic carbocycles. The SMILES string of the molecule is C=C(Cl)N=C1/C(=C\C)NC(=NCc2ccc([S+]([O-])NC)cc2)C(=O)N1[C@H](C)CC. The molecule has 0 aliphatic carbocycles. The van der Waals surface area contributed by atoms with Crippen LogP contribution in [0.5, 0.6) is 0 Å². The molecule has 1 heterocycles. The molecule has 0 saturated carbocycles. The van der Waals surface area contributed by atoms with Crippen LogP contribution >= 0.6 is 11.6 Å². The Morgan fingerprint density at radius 1 is 1.45 bits per heavy atom. The van der Waals surface area contributed by atoms with E-state index in [4.69, 9.17) is 11.6 Å².